The molecule has 2 heterocycles. The Bertz CT molecular complexity index is 851. The quantitative estimate of drug-likeness (QED) is 0.740. The molecule has 2 aromatic rings. The van der Waals surface area contributed by atoms with Crippen molar-refractivity contribution in [1.29, 1.82) is 0 Å². The Morgan fingerprint density at radius 3 is 2.79 bits per heavy atom. The van der Waals surface area contributed by atoms with Crippen LogP contribution < -0.4 is 5.32 Å². The van der Waals surface area contributed by atoms with Crippen LogP contribution in [-0.4, -0.2) is 45.4 Å². The highest BCUT2D eigenvalue weighted by molar-refractivity contribution is 8.00. The Morgan fingerprint density at radius 1 is 1.29 bits per heavy atom. The van der Waals surface area contributed by atoms with E-state index < -0.39 is 6.04 Å². The number of hydrogen-bond donors (Lipinski definition) is 1. The lowest BCUT2D eigenvalue weighted by atomic mass is 10.1. The molecule has 1 N–H and O–H groups in total. The molecule has 2 unspecified atom stereocenters. The summed E-state index contributed by atoms with van der Waals surface area (Å²) in [7, 11) is 0. The largest absolute Gasteiger partial charge is 0.354 e. The van der Waals surface area contributed by atoms with Crippen LogP contribution in [0.25, 0.3) is 0 Å². The molecular formula is C20H21Cl2N3O2S. The molecule has 2 atom stereocenters. The molecule has 8 heteroatoms. The van der Waals surface area contributed by atoms with Crippen molar-refractivity contribution in [3.05, 3.63) is 63.9 Å². The van der Waals surface area contributed by atoms with Gasteiger partial charge in [-0.25, -0.2) is 0 Å². The van der Waals surface area contributed by atoms with Crippen molar-refractivity contribution in [3.63, 3.8) is 0 Å². The smallest absolute Gasteiger partial charge is 0.256 e. The minimum Gasteiger partial charge on any atom is -0.354 e. The molecule has 1 aliphatic heterocycles. The molecule has 148 valence electrons. The van der Waals surface area contributed by atoms with Crippen molar-refractivity contribution >= 4 is 46.8 Å². The van der Waals surface area contributed by atoms with E-state index in [2.05, 4.69) is 10.3 Å². The summed E-state index contributed by atoms with van der Waals surface area (Å²) >= 11 is 13.8. The Balaban J connectivity index is 1.70. The summed E-state index contributed by atoms with van der Waals surface area (Å²) in [5.41, 5.74) is 1.27. The summed E-state index contributed by atoms with van der Waals surface area (Å²) < 4.78 is 0. The van der Waals surface area contributed by atoms with Gasteiger partial charge < -0.3 is 10.2 Å². The lowest BCUT2D eigenvalue weighted by Crippen LogP contribution is -2.50. The minimum absolute atomic E-state index is 0.0641. The number of nitrogens with zero attached hydrogens (tertiary/aromatic N) is 2. The second-order valence-corrected chi connectivity index (χ2v) is 8.47. The first-order chi connectivity index (χ1) is 13.5. The molecule has 1 aromatic carbocycles. The third kappa shape index (κ3) is 4.80. The van der Waals surface area contributed by atoms with E-state index in [0.29, 0.717) is 34.3 Å². The molecule has 3 rings (SSSR count). The Morgan fingerprint density at radius 2 is 2.11 bits per heavy atom. The predicted molar refractivity (Wildman–Crippen MR) is 114 cm³/mol. The normalized spacial score (nSPS) is 18.9. The van der Waals surface area contributed by atoms with Crippen LogP contribution in [-0.2, 0) is 11.2 Å². The molecule has 0 saturated carbocycles. The SMILES string of the molecule is CCC1SCC(C(=O)NCCc2ccccn2)N1C(=O)c1ccc(Cl)cc1Cl. The zero-order valence-electron chi connectivity index (χ0n) is 15.4. The summed E-state index contributed by atoms with van der Waals surface area (Å²) in [4.78, 5) is 31.8. The molecule has 1 aromatic heterocycles. The van der Waals surface area contributed by atoms with E-state index >= 15 is 0 Å². The van der Waals surface area contributed by atoms with E-state index in [4.69, 9.17) is 23.2 Å². The first kappa shape index (κ1) is 21.0. The predicted octanol–water partition coefficient (Wildman–Crippen LogP) is 4.04. The molecule has 1 aliphatic rings. The lowest BCUT2D eigenvalue weighted by Gasteiger charge is -2.28. The van der Waals surface area contributed by atoms with Crippen molar-refractivity contribution in [2.45, 2.75) is 31.2 Å². The van der Waals surface area contributed by atoms with Gasteiger partial charge in [0.15, 0.2) is 0 Å². The summed E-state index contributed by atoms with van der Waals surface area (Å²) in [6, 6.07) is 9.95. The molecule has 1 saturated heterocycles. The molecule has 0 bridgehead atoms. The zero-order valence-corrected chi connectivity index (χ0v) is 17.7. The van der Waals surface area contributed by atoms with E-state index in [0.717, 1.165) is 12.1 Å². The van der Waals surface area contributed by atoms with Gasteiger partial charge >= 0.3 is 0 Å². The average molecular weight is 438 g/mol. The number of pyridine rings is 1. The molecule has 5 nitrogen and oxygen atoms in total. The summed E-state index contributed by atoms with van der Waals surface area (Å²) in [5.74, 6) is 0.159. The summed E-state index contributed by atoms with van der Waals surface area (Å²) in [6.45, 7) is 2.47. The first-order valence-electron chi connectivity index (χ1n) is 9.08. The number of nitrogens with one attached hydrogen (secondary N) is 1. The van der Waals surface area contributed by atoms with Gasteiger partial charge in [0.25, 0.3) is 5.91 Å². The monoisotopic (exact) mass is 437 g/mol. The molecule has 28 heavy (non-hydrogen) atoms. The highest BCUT2D eigenvalue weighted by atomic mass is 35.5. The lowest BCUT2D eigenvalue weighted by molar-refractivity contribution is -0.124. The standard InChI is InChI=1S/C20H21Cl2N3O2S/c1-2-18-25(20(27)15-7-6-13(21)11-16(15)22)17(12-28-18)19(26)24-10-8-14-5-3-4-9-23-14/h3-7,9,11,17-18H,2,8,10,12H2,1H3,(H,24,26). The Kier molecular flexibility index (Phi) is 7.21. The third-order valence-corrected chi connectivity index (χ3v) is 6.55. The molecule has 0 spiro atoms. The van der Waals surface area contributed by atoms with Crippen LogP contribution >= 0.6 is 35.0 Å². The fourth-order valence-corrected chi connectivity index (χ4v) is 4.98. The number of carbonyl (C=O) groups is 2. The Hall–Kier alpha value is -1.76. The fourth-order valence-electron chi connectivity index (χ4n) is 3.13. The van der Waals surface area contributed by atoms with Crippen molar-refractivity contribution in [2.24, 2.45) is 0 Å². The number of hydrogen-bond acceptors (Lipinski definition) is 4. The van der Waals surface area contributed by atoms with Crippen molar-refractivity contribution in [1.82, 2.24) is 15.2 Å². The maximum atomic E-state index is 13.2. The number of halogens is 2. The highest BCUT2D eigenvalue weighted by Gasteiger charge is 2.41. The van der Waals surface area contributed by atoms with E-state index in [1.54, 1.807) is 41.1 Å². The van der Waals surface area contributed by atoms with Crippen molar-refractivity contribution in [2.75, 3.05) is 12.3 Å². The number of amides is 2. The molecular weight excluding hydrogens is 417 g/mol. The maximum Gasteiger partial charge on any atom is 0.256 e. The van der Waals surface area contributed by atoms with Crippen LogP contribution in [0.15, 0.2) is 42.6 Å². The van der Waals surface area contributed by atoms with Gasteiger partial charge in [0.05, 0.1) is 16.0 Å². The van der Waals surface area contributed by atoms with Gasteiger partial charge in [0.2, 0.25) is 5.91 Å². The van der Waals surface area contributed by atoms with Crippen LogP contribution in [0.5, 0.6) is 0 Å². The molecule has 0 radical (unpaired) electrons. The van der Waals surface area contributed by atoms with Crippen LogP contribution in [0.1, 0.15) is 29.4 Å². The van der Waals surface area contributed by atoms with E-state index in [-0.39, 0.29) is 17.2 Å². The van der Waals surface area contributed by atoms with Gasteiger partial charge in [0, 0.05) is 35.6 Å². The molecule has 1 fully saturated rings. The second-order valence-electron chi connectivity index (χ2n) is 6.41. The van der Waals surface area contributed by atoms with Gasteiger partial charge in [-0.15, -0.1) is 11.8 Å². The number of thioether (sulfide) groups is 1. The van der Waals surface area contributed by atoms with Crippen molar-refractivity contribution < 1.29 is 9.59 Å². The number of carbonyl (C=O) groups excluding carboxylic acids is 2. The number of benzene rings is 1. The topological polar surface area (TPSA) is 62.3 Å². The average Bonchev–Trinajstić information content (AvgIpc) is 3.12. The van der Waals surface area contributed by atoms with Gasteiger partial charge in [-0.3, -0.25) is 14.6 Å². The van der Waals surface area contributed by atoms with E-state index in [1.165, 1.54) is 0 Å². The summed E-state index contributed by atoms with van der Waals surface area (Å²) in [5, 5.41) is 3.63. The van der Waals surface area contributed by atoms with Crippen LogP contribution in [0, 0.1) is 0 Å². The maximum absolute atomic E-state index is 13.2. The minimum atomic E-state index is -0.530. The first-order valence-corrected chi connectivity index (χ1v) is 10.9. The van der Waals surface area contributed by atoms with Crippen LogP contribution in [0.2, 0.25) is 10.0 Å². The third-order valence-electron chi connectivity index (χ3n) is 4.55. The zero-order chi connectivity index (χ0) is 20.1. The van der Waals surface area contributed by atoms with Crippen LogP contribution in [0.4, 0.5) is 0 Å². The van der Waals surface area contributed by atoms with Gasteiger partial charge in [-0.2, -0.15) is 0 Å². The second kappa shape index (κ2) is 9.63. The van der Waals surface area contributed by atoms with E-state index in [9.17, 15) is 9.59 Å². The number of aromatic nitrogens is 1. The fraction of sp³-hybridized carbons (Fsp3) is 0.350. The molecule has 2 amide bonds. The molecule has 0 aliphatic carbocycles. The van der Waals surface area contributed by atoms with Gasteiger partial charge in [-0.1, -0.05) is 36.2 Å². The van der Waals surface area contributed by atoms with Gasteiger partial charge in [-0.05, 0) is 36.8 Å². The van der Waals surface area contributed by atoms with E-state index in [1.807, 2.05) is 25.1 Å². The van der Waals surface area contributed by atoms with Crippen LogP contribution in [0.3, 0.4) is 0 Å². The summed E-state index contributed by atoms with van der Waals surface area (Å²) in [6.07, 6.45) is 3.12. The Labute approximate surface area is 178 Å². The van der Waals surface area contributed by atoms with Gasteiger partial charge in [0.1, 0.15) is 6.04 Å². The highest BCUT2D eigenvalue weighted by Crippen LogP contribution is 2.34. The van der Waals surface area contributed by atoms with Crippen molar-refractivity contribution in [3.8, 4) is 0 Å². The number of rotatable bonds is 6.